The maximum Gasteiger partial charge on any atom is 0.243 e. The number of hydrogen-bond donors (Lipinski definition) is 4. The summed E-state index contributed by atoms with van der Waals surface area (Å²) in [5.41, 5.74) is 7.68. The van der Waals surface area contributed by atoms with Crippen LogP contribution in [-0.2, 0) is 27.2 Å². The number of rotatable bonds is 15. The Morgan fingerprint density at radius 2 is 1.61 bits per heavy atom. The van der Waals surface area contributed by atoms with Crippen LogP contribution in [-0.4, -0.2) is 57.2 Å². The lowest BCUT2D eigenvalue weighted by Gasteiger charge is -2.19. The van der Waals surface area contributed by atoms with Gasteiger partial charge < -0.3 is 26.4 Å². The first kappa shape index (κ1) is 29.3. The summed E-state index contributed by atoms with van der Waals surface area (Å²) in [7, 11) is 0. The molecule has 0 aliphatic heterocycles. The smallest absolute Gasteiger partial charge is 0.243 e. The Bertz CT molecular complexity index is 1060. The number of halogens is 1. The van der Waals surface area contributed by atoms with Crippen LogP contribution in [0.2, 0.25) is 0 Å². The average Bonchev–Trinajstić information content (AvgIpc) is 2.88. The molecule has 3 aromatic carbocycles. The summed E-state index contributed by atoms with van der Waals surface area (Å²) < 4.78 is 5.31. The normalized spacial score (nSPS) is 11.5. The van der Waals surface area contributed by atoms with Crippen LogP contribution in [0.3, 0.4) is 0 Å². The monoisotopic (exact) mass is 512 g/mol. The van der Waals surface area contributed by atoms with Crippen LogP contribution in [0.25, 0.3) is 10.8 Å². The third-order valence-corrected chi connectivity index (χ3v) is 5.72. The number of hydrogen-bond acceptors (Lipinski definition) is 5. The topological polar surface area (TPSA) is 105 Å². The maximum atomic E-state index is 12.7. The molecule has 0 bridgehead atoms. The molecule has 3 rings (SSSR count). The average molecular weight is 513 g/mol. The van der Waals surface area contributed by atoms with E-state index in [-0.39, 0.29) is 24.2 Å². The molecule has 194 valence electrons. The van der Waals surface area contributed by atoms with E-state index in [1.165, 1.54) is 16.3 Å². The van der Waals surface area contributed by atoms with Gasteiger partial charge in [-0.3, -0.25) is 9.59 Å². The van der Waals surface area contributed by atoms with Gasteiger partial charge in [0.25, 0.3) is 0 Å². The number of fused-ring (bicyclic) bond motifs is 1. The SMILES string of the molecule is Cl.NCCOCCNC(=O)[C@H](Cc1ccccc1)NC(=O)CCNCCc1cccc2ccccc12. The van der Waals surface area contributed by atoms with Crippen LogP contribution in [0.1, 0.15) is 17.5 Å². The Labute approximate surface area is 219 Å². The summed E-state index contributed by atoms with van der Waals surface area (Å²) in [6.07, 6.45) is 1.61. The van der Waals surface area contributed by atoms with Gasteiger partial charge in [0.05, 0.1) is 13.2 Å². The largest absolute Gasteiger partial charge is 0.378 e. The van der Waals surface area contributed by atoms with E-state index in [0.717, 1.165) is 18.5 Å². The van der Waals surface area contributed by atoms with Crippen molar-refractivity contribution < 1.29 is 14.3 Å². The van der Waals surface area contributed by atoms with Crippen molar-refractivity contribution in [1.82, 2.24) is 16.0 Å². The minimum Gasteiger partial charge on any atom is -0.378 e. The highest BCUT2D eigenvalue weighted by atomic mass is 35.5. The summed E-state index contributed by atoms with van der Waals surface area (Å²) in [6.45, 7) is 2.97. The highest BCUT2D eigenvalue weighted by molar-refractivity contribution is 5.88. The molecule has 0 radical (unpaired) electrons. The predicted octanol–water partition coefficient (Wildman–Crippen LogP) is 2.60. The zero-order valence-electron chi connectivity index (χ0n) is 20.6. The van der Waals surface area contributed by atoms with Gasteiger partial charge in [0.1, 0.15) is 6.04 Å². The minimum atomic E-state index is -0.643. The summed E-state index contributed by atoms with van der Waals surface area (Å²) in [5, 5.41) is 11.6. The van der Waals surface area contributed by atoms with Gasteiger partial charge in [-0.1, -0.05) is 72.8 Å². The number of ether oxygens (including phenoxy) is 1. The van der Waals surface area contributed by atoms with Crippen molar-refractivity contribution in [3.63, 3.8) is 0 Å². The molecular weight excluding hydrogens is 476 g/mol. The van der Waals surface area contributed by atoms with Gasteiger partial charge in [-0.2, -0.15) is 0 Å². The van der Waals surface area contributed by atoms with Gasteiger partial charge in [0.15, 0.2) is 0 Å². The summed E-state index contributed by atoms with van der Waals surface area (Å²) in [4.78, 5) is 25.3. The molecule has 1 atom stereocenters. The van der Waals surface area contributed by atoms with Crippen LogP contribution in [0.15, 0.2) is 72.8 Å². The van der Waals surface area contributed by atoms with E-state index in [4.69, 9.17) is 10.5 Å². The first-order valence-electron chi connectivity index (χ1n) is 12.2. The van der Waals surface area contributed by atoms with Crippen molar-refractivity contribution in [2.75, 3.05) is 39.4 Å². The van der Waals surface area contributed by atoms with Crippen molar-refractivity contribution in [1.29, 1.82) is 0 Å². The second-order valence-corrected chi connectivity index (χ2v) is 8.39. The third-order valence-electron chi connectivity index (χ3n) is 5.72. The number of carbonyl (C=O) groups is 2. The Hall–Kier alpha value is -2.97. The van der Waals surface area contributed by atoms with Gasteiger partial charge in [-0.15, -0.1) is 12.4 Å². The molecule has 7 nitrogen and oxygen atoms in total. The van der Waals surface area contributed by atoms with E-state index in [9.17, 15) is 9.59 Å². The van der Waals surface area contributed by atoms with Crippen molar-refractivity contribution in [3.05, 3.63) is 83.9 Å². The van der Waals surface area contributed by atoms with Crippen LogP contribution < -0.4 is 21.7 Å². The Kier molecular flexibility index (Phi) is 13.5. The fourth-order valence-corrected chi connectivity index (χ4v) is 3.94. The summed E-state index contributed by atoms with van der Waals surface area (Å²) >= 11 is 0. The van der Waals surface area contributed by atoms with Gasteiger partial charge >= 0.3 is 0 Å². The molecule has 8 heteroatoms. The molecule has 2 amide bonds. The van der Waals surface area contributed by atoms with Crippen LogP contribution in [0.4, 0.5) is 0 Å². The number of nitrogens with one attached hydrogen (secondary N) is 3. The second-order valence-electron chi connectivity index (χ2n) is 8.39. The zero-order valence-corrected chi connectivity index (χ0v) is 21.4. The molecule has 0 aromatic heterocycles. The van der Waals surface area contributed by atoms with Crippen LogP contribution >= 0.6 is 12.4 Å². The van der Waals surface area contributed by atoms with E-state index in [0.29, 0.717) is 45.7 Å². The molecule has 0 fully saturated rings. The lowest BCUT2D eigenvalue weighted by atomic mass is 10.0. The fourth-order valence-electron chi connectivity index (χ4n) is 3.94. The molecule has 0 saturated heterocycles. The van der Waals surface area contributed by atoms with E-state index < -0.39 is 6.04 Å². The minimum absolute atomic E-state index is 0. The lowest BCUT2D eigenvalue weighted by molar-refractivity contribution is -0.129. The molecule has 0 saturated carbocycles. The van der Waals surface area contributed by atoms with Crippen molar-refractivity contribution in [3.8, 4) is 0 Å². The quantitative estimate of drug-likeness (QED) is 0.234. The van der Waals surface area contributed by atoms with Crippen molar-refractivity contribution in [2.24, 2.45) is 5.73 Å². The number of nitrogens with two attached hydrogens (primary N) is 1. The zero-order chi connectivity index (χ0) is 24.7. The highest BCUT2D eigenvalue weighted by Crippen LogP contribution is 2.18. The first-order chi connectivity index (χ1) is 17.2. The maximum absolute atomic E-state index is 12.7. The molecule has 36 heavy (non-hydrogen) atoms. The highest BCUT2D eigenvalue weighted by Gasteiger charge is 2.20. The van der Waals surface area contributed by atoms with E-state index in [2.05, 4.69) is 52.3 Å². The fraction of sp³-hybridized carbons (Fsp3) is 0.357. The van der Waals surface area contributed by atoms with E-state index in [1.807, 2.05) is 36.4 Å². The first-order valence-corrected chi connectivity index (χ1v) is 12.2. The van der Waals surface area contributed by atoms with E-state index in [1.54, 1.807) is 0 Å². The Morgan fingerprint density at radius 3 is 2.42 bits per heavy atom. The molecule has 0 unspecified atom stereocenters. The van der Waals surface area contributed by atoms with Gasteiger partial charge in [-0.25, -0.2) is 0 Å². The third kappa shape index (κ3) is 9.95. The Balaban J connectivity index is 0.00000456. The lowest BCUT2D eigenvalue weighted by Crippen LogP contribution is -2.49. The summed E-state index contributed by atoms with van der Waals surface area (Å²) in [5.74, 6) is -0.374. The van der Waals surface area contributed by atoms with Gasteiger partial charge in [-0.05, 0) is 34.9 Å². The molecule has 3 aromatic rings. The summed E-state index contributed by atoms with van der Waals surface area (Å²) in [6, 6.07) is 23.7. The number of carbonyl (C=O) groups excluding carboxylic acids is 2. The van der Waals surface area contributed by atoms with Gasteiger partial charge in [0, 0.05) is 32.5 Å². The molecule has 0 aliphatic rings. The van der Waals surface area contributed by atoms with Crippen LogP contribution in [0.5, 0.6) is 0 Å². The van der Waals surface area contributed by atoms with E-state index >= 15 is 0 Å². The number of amides is 2. The van der Waals surface area contributed by atoms with Crippen molar-refractivity contribution in [2.45, 2.75) is 25.3 Å². The number of benzene rings is 3. The standard InChI is InChI=1S/C28H36N4O3.ClH/c29-15-19-35-20-18-31-28(34)26(21-22-7-2-1-3-8-22)32-27(33)14-17-30-16-13-24-11-6-10-23-9-4-5-12-25(23)24;/h1-12,26,30H,13-21,29H2,(H,31,34)(H,32,33);1H/t26-;/m0./s1. The van der Waals surface area contributed by atoms with Crippen molar-refractivity contribution >= 4 is 35.0 Å². The predicted molar refractivity (Wildman–Crippen MR) is 147 cm³/mol. The molecule has 5 N–H and O–H groups in total. The van der Waals surface area contributed by atoms with Crippen LogP contribution in [0, 0.1) is 0 Å². The Morgan fingerprint density at radius 1 is 0.861 bits per heavy atom. The molecule has 0 aliphatic carbocycles. The molecule has 0 heterocycles. The second kappa shape index (κ2) is 16.7. The van der Waals surface area contributed by atoms with Gasteiger partial charge in [0.2, 0.25) is 11.8 Å². The molecular formula is C28H37ClN4O3. The molecule has 0 spiro atoms.